The smallest absolute Gasteiger partial charge is 0.251 e. The van der Waals surface area contributed by atoms with Crippen LogP contribution in [-0.2, 0) is 4.79 Å². The number of carbonyl (C=O) groups is 2. The van der Waals surface area contributed by atoms with E-state index < -0.39 is 0 Å². The van der Waals surface area contributed by atoms with Crippen LogP contribution < -0.4 is 21.1 Å². The van der Waals surface area contributed by atoms with E-state index in [1.54, 1.807) is 36.4 Å². The Hall–Kier alpha value is -3.02. The van der Waals surface area contributed by atoms with Crippen LogP contribution in [0.3, 0.4) is 0 Å². The van der Waals surface area contributed by atoms with E-state index in [0.29, 0.717) is 24.4 Å². The van der Waals surface area contributed by atoms with Crippen molar-refractivity contribution >= 4 is 17.5 Å². The van der Waals surface area contributed by atoms with E-state index >= 15 is 0 Å². The molecule has 6 heteroatoms. The predicted octanol–water partition coefficient (Wildman–Crippen LogP) is 2.36. The lowest BCUT2D eigenvalue weighted by Crippen LogP contribution is -2.37. The molecular formula is C20H25N3O3. The largest absolute Gasteiger partial charge is 0.494 e. The molecule has 2 aromatic carbocycles. The lowest BCUT2D eigenvalue weighted by molar-refractivity contribution is -0.120. The maximum Gasteiger partial charge on any atom is 0.251 e. The fraction of sp³-hybridized carbons (Fsp3) is 0.300. The van der Waals surface area contributed by atoms with Crippen molar-refractivity contribution in [2.45, 2.75) is 19.3 Å². The number of amides is 2. The van der Waals surface area contributed by atoms with Gasteiger partial charge in [-0.3, -0.25) is 9.59 Å². The maximum atomic E-state index is 11.8. The van der Waals surface area contributed by atoms with Crippen LogP contribution in [0.4, 0.5) is 5.69 Å². The first kappa shape index (κ1) is 19.3. The van der Waals surface area contributed by atoms with Crippen LogP contribution in [0.5, 0.6) is 5.75 Å². The molecular weight excluding hydrogens is 330 g/mol. The molecule has 0 spiro atoms. The van der Waals surface area contributed by atoms with Crippen LogP contribution in [0.2, 0.25) is 0 Å². The highest BCUT2D eigenvalue weighted by Crippen LogP contribution is 2.13. The van der Waals surface area contributed by atoms with Crippen molar-refractivity contribution in [1.29, 1.82) is 0 Å². The molecule has 0 bridgehead atoms. The molecule has 0 aromatic heterocycles. The van der Waals surface area contributed by atoms with Gasteiger partial charge in [-0.1, -0.05) is 18.2 Å². The number of nitrogens with two attached hydrogens (primary N) is 1. The average molecular weight is 355 g/mol. The Bertz CT molecular complexity index is 687. The number of ether oxygens (including phenoxy) is 1. The Balaban J connectivity index is 1.48. The standard InChI is InChI=1S/C20H25N3O3/c21-17-9-11-18(12-10-17)26-14-6-2-5-13-22-19(24)15-23-20(25)16-7-3-1-4-8-16/h1,3-4,7-12H,2,5-6,13-15,21H2,(H,22,24)(H,23,25). The fourth-order valence-corrected chi connectivity index (χ4v) is 2.30. The molecule has 6 nitrogen and oxygen atoms in total. The molecule has 138 valence electrons. The molecule has 26 heavy (non-hydrogen) atoms. The fourth-order valence-electron chi connectivity index (χ4n) is 2.30. The number of hydrogen-bond donors (Lipinski definition) is 3. The third-order valence-corrected chi connectivity index (χ3v) is 3.74. The van der Waals surface area contributed by atoms with Crippen molar-refractivity contribution in [2.75, 3.05) is 25.4 Å². The van der Waals surface area contributed by atoms with Crippen LogP contribution in [-0.4, -0.2) is 31.5 Å². The Morgan fingerprint density at radius 3 is 2.35 bits per heavy atom. The molecule has 0 heterocycles. The van der Waals surface area contributed by atoms with E-state index in [1.165, 1.54) is 0 Å². The van der Waals surface area contributed by atoms with Gasteiger partial charge in [0, 0.05) is 17.8 Å². The van der Waals surface area contributed by atoms with Crippen LogP contribution in [0.25, 0.3) is 0 Å². The lowest BCUT2D eigenvalue weighted by Gasteiger charge is -2.08. The van der Waals surface area contributed by atoms with Gasteiger partial charge in [-0.25, -0.2) is 0 Å². The summed E-state index contributed by atoms with van der Waals surface area (Å²) in [7, 11) is 0. The Labute approximate surface area is 153 Å². The molecule has 0 aliphatic rings. The number of carbonyl (C=O) groups excluding carboxylic acids is 2. The summed E-state index contributed by atoms with van der Waals surface area (Å²) in [6.07, 6.45) is 2.72. The predicted molar refractivity (Wildman–Crippen MR) is 102 cm³/mol. The summed E-state index contributed by atoms with van der Waals surface area (Å²) in [6, 6.07) is 16.1. The van der Waals surface area contributed by atoms with Gasteiger partial charge in [0.2, 0.25) is 5.91 Å². The van der Waals surface area contributed by atoms with E-state index in [9.17, 15) is 9.59 Å². The molecule has 2 aromatic rings. The number of anilines is 1. The van der Waals surface area contributed by atoms with Gasteiger partial charge in [0.1, 0.15) is 5.75 Å². The van der Waals surface area contributed by atoms with Crippen molar-refractivity contribution in [1.82, 2.24) is 10.6 Å². The number of rotatable bonds is 10. The number of benzene rings is 2. The number of hydrogen-bond acceptors (Lipinski definition) is 4. The topological polar surface area (TPSA) is 93.4 Å². The lowest BCUT2D eigenvalue weighted by atomic mass is 10.2. The average Bonchev–Trinajstić information content (AvgIpc) is 2.67. The first-order valence-electron chi connectivity index (χ1n) is 8.73. The summed E-state index contributed by atoms with van der Waals surface area (Å²) < 4.78 is 5.61. The molecule has 0 aliphatic heterocycles. The molecule has 0 aliphatic carbocycles. The van der Waals surface area contributed by atoms with Crippen LogP contribution in [0.15, 0.2) is 54.6 Å². The van der Waals surface area contributed by atoms with Crippen molar-refractivity contribution in [3.8, 4) is 5.75 Å². The maximum absolute atomic E-state index is 11.8. The molecule has 0 radical (unpaired) electrons. The van der Waals surface area contributed by atoms with E-state index in [1.807, 2.05) is 18.2 Å². The number of nitrogens with one attached hydrogen (secondary N) is 2. The van der Waals surface area contributed by atoms with Gasteiger partial charge in [-0.15, -0.1) is 0 Å². The molecule has 0 atom stereocenters. The summed E-state index contributed by atoms with van der Waals surface area (Å²) in [5.41, 5.74) is 6.87. The zero-order chi connectivity index (χ0) is 18.6. The molecule has 2 amide bonds. The van der Waals surface area contributed by atoms with Gasteiger partial charge in [-0.05, 0) is 55.7 Å². The van der Waals surface area contributed by atoms with Crippen LogP contribution >= 0.6 is 0 Å². The third-order valence-electron chi connectivity index (χ3n) is 3.74. The highest BCUT2D eigenvalue weighted by molar-refractivity contribution is 5.96. The summed E-state index contributed by atoms with van der Waals surface area (Å²) >= 11 is 0. The zero-order valence-corrected chi connectivity index (χ0v) is 14.7. The summed E-state index contributed by atoms with van der Waals surface area (Å²) in [6.45, 7) is 1.20. The first-order valence-corrected chi connectivity index (χ1v) is 8.73. The number of nitrogen functional groups attached to an aromatic ring is 1. The normalized spacial score (nSPS) is 10.2. The second-order valence-electron chi connectivity index (χ2n) is 5.88. The van der Waals surface area contributed by atoms with E-state index in [4.69, 9.17) is 10.5 Å². The van der Waals surface area contributed by atoms with Crippen molar-refractivity contribution in [2.24, 2.45) is 0 Å². The van der Waals surface area contributed by atoms with E-state index in [0.717, 1.165) is 25.0 Å². The van der Waals surface area contributed by atoms with Gasteiger partial charge >= 0.3 is 0 Å². The molecule has 0 saturated heterocycles. The van der Waals surface area contributed by atoms with Crippen LogP contribution in [0, 0.1) is 0 Å². The van der Waals surface area contributed by atoms with Crippen molar-refractivity contribution in [3.63, 3.8) is 0 Å². The molecule has 0 unspecified atom stereocenters. The van der Waals surface area contributed by atoms with Gasteiger partial charge in [0.25, 0.3) is 5.91 Å². The van der Waals surface area contributed by atoms with Crippen molar-refractivity contribution in [3.05, 3.63) is 60.2 Å². The highest BCUT2D eigenvalue weighted by atomic mass is 16.5. The van der Waals surface area contributed by atoms with Crippen LogP contribution in [0.1, 0.15) is 29.6 Å². The second kappa shape index (κ2) is 10.8. The summed E-state index contributed by atoms with van der Waals surface area (Å²) in [5, 5.41) is 5.40. The molecule has 2 rings (SSSR count). The zero-order valence-electron chi connectivity index (χ0n) is 14.7. The summed E-state index contributed by atoms with van der Waals surface area (Å²) in [5.74, 6) is 0.370. The summed E-state index contributed by atoms with van der Waals surface area (Å²) in [4.78, 5) is 23.5. The highest BCUT2D eigenvalue weighted by Gasteiger charge is 2.06. The monoisotopic (exact) mass is 355 g/mol. The SMILES string of the molecule is Nc1ccc(OCCCCCNC(=O)CNC(=O)c2ccccc2)cc1. The Morgan fingerprint density at radius 2 is 1.62 bits per heavy atom. The van der Waals surface area contributed by atoms with Gasteiger partial charge in [0.05, 0.1) is 13.2 Å². The molecule has 0 saturated carbocycles. The number of unbranched alkanes of at least 4 members (excludes halogenated alkanes) is 2. The van der Waals surface area contributed by atoms with Crippen molar-refractivity contribution < 1.29 is 14.3 Å². The quantitative estimate of drug-likeness (QED) is 0.450. The minimum absolute atomic E-state index is 0.0199. The third kappa shape index (κ3) is 7.25. The van der Waals surface area contributed by atoms with E-state index in [2.05, 4.69) is 10.6 Å². The molecule has 0 fully saturated rings. The van der Waals surface area contributed by atoms with Gasteiger partial charge in [-0.2, -0.15) is 0 Å². The minimum Gasteiger partial charge on any atom is -0.494 e. The Morgan fingerprint density at radius 1 is 0.885 bits per heavy atom. The Kier molecular flexibility index (Phi) is 7.99. The van der Waals surface area contributed by atoms with E-state index in [-0.39, 0.29) is 18.4 Å². The first-order chi connectivity index (χ1) is 12.6. The van der Waals surface area contributed by atoms with Gasteiger partial charge < -0.3 is 21.1 Å². The minimum atomic E-state index is -0.249. The van der Waals surface area contributed by atoms with Gasteiger partial charge in [0.15, 0.2) is 0 Å². The second-order valence-corrected chi connectivity index (χ2v) is 5.88. The molecule has 4 N–H and O–H groups in total.